The Hall–Kier alpha value is -2.84. The van der Waals surface area contributed by atoms with E-state index >= 15 is 0 Å². The van der Waals surface area contributed by atoms with E-state index in [0.717, 1.165) is 17.0 Å². The maximum atomic E-state index is 6.27. The number of rotatable bonds is 3. The highest BCUT2D eigenvalue weighted by Crippen LogP contribution is 2.39. The molecule has 0 amide bonds. The molecule has 126 valence electrons. The van der Waals surface area contributed by atoms with E-state index in [1.807, 2.05) is 36.9 Å². The average Bonchev–Trinajstić information content (AvgIpc) is 3.29. The second-order valence-electron chi connectivity index (χ2n) is 6.72. The number of aromatic nitrogens is 2. The van der Waals surface area contributed by atoms with E-state index in [0.29, 0.717) is 0 Å². The SMILES string of the molecule is Clc1cccc(C(c2ccc3c(c2)Cc2ccccc2-3)n2ccnc2)c1. The highest BCUT2D eigenvalue weighted by molar-refractivity contribution is 6.30. The third kappa shape index (κ3) is 2.54. The molecule has 1 aliphatic carbocycles. The van der Waals surface area contributed by atoms with Gasteiger partial charge in [-0.15, -0.1) is 0 Å². The van der Waals surface area contributed by atoms with Crippen LogP contribution in [0.25, 0.3) is 11.1 Å². The Kier molecular flexibility index (Phi) is 3.65. The fraction of sp³-hybridized carbons (Fsp3) is 0.0870. The number of hydrogen-bond donors (Lipinski definition) is 0. The molecule has 0 saturated heterocycles. The van der Waals surface area contributed by atoms with Gasteiger partial charge in [-0.05, 0) is 51.9 Å². The lowest BCUT2D eigenvalue weighted by molar-refractivity contribution is 0.676. The molecule has 1 unspecified atom stereocenters. The lowest BCUT2D eigenvalue weighted by Crippen LogP contribution is -2.11. The number of halogens is 1. The zero-order valence-electron chi connectivity index (χ0n) is 14.1. The summed E-state index contributed by atoms with van der Waals surface area (Å²) >= 11 is 6.27. The van der Waals surface area contributed by atoms with Crippen LogP contribution in [0.3, 0.4) is 0 Å². The van der Waals surface area contributed by atoms with Crippen LogP contribution in [0.15, 0.2) is 85.5 Å². The van der Waals surface area contributed by atoms with Gasteiger partial charge in [-0.25, -0.2) is 4.98 Å². The minimum atomic E-state index is 0.0604. The summed E-state index contributed by atoms with van der Waals surface area (Å²) in [6, 6.07) is 23.6. The number of fused-ring (bicyclic) bond motifs is 3. The first-order chi connectivity index (χ1) is 12.8. The van der Waals surface area contributed by atoms with Gasteiger partial charge in [0.2, 0.25) is 0 Å². The molecule has 1 aliphatic rings. The van der Waals surface area contributed by atoms with E-state index in [1.165, 1.54) is 27.8 Å². The van der Waals surface area contributed by atoms with Gasteiger partial charge in [-0.2, -0.15) is 0 Å². The van der Waals surface area contributed by atoms with Crippen LogP contribution in [0.4, 0.5) is 0 Å². The molecule has 0 bridgehead atoms. The summed E-state index contributed by atoms with van der Waals surface area (Å²) in [6.45, 7) is 0. The first kappa shape index (κ1) is 15.4. The van der Waals surface area contributed by atoms with Crippen molar-refractivity contribution in [3.8, 4) is 11.1 Å². The van der Waals surface area contributed by atoms with E-state index in [4.69, 9.17) is 11.6 Å². The van der Waals surface area contributed by atoms with Crippen LogP contribution in [-0.2, 0) is 6.42 Å². The Morgan fingerprint density at radius 1 is 0.846 bits per heavy atom. The first-order valence-electron chi connectivity index (χ1n) is 8.73. The molecule has 0 saturated carbocycles. The fourth-order valence-electron chi connectivity index (χ4n) is 3.97. The van der Waals surface area contributed by atoms with Gasteiger partial charge < -0.3 is 4.57 Å². The summed E-state index contributed by atoms with van der Waals surface area (Å²) in [5, 5.41) is 0.751. The van der Waals surface area contributed by atoms with Crippen molar-refractivity contribution in [2.24, 2.45) is 0 Å². The Balaban J connectivity index is 1.64. The third-order valence-electron chi connectivity index (χ3n) is 5.12. The normalized spacial score (nSPS) is 13.3. The van der Waals surface area contributed by atoms with E-state index < -0.39 is 0 Å². The largest absolute Gasteiger partial charge is 0.326 e. The van der Waals surface area contributed by atoms with Crippen LogP contribution in [0.1, 0.15) is 28.3 Å². The van der Waals surface area contributed by atoms with E-state index in [1.54, 1.807) is 0 Å². The minimum Gasteiger partial charge on any atom is -0.326 e. The average molecular weight is 357 g/mol. The second kappa shape index (κ2) is 6.15. The molecule has 0 aliphatic heterocycles. The maximum absolute atomic E-state index is 6.27. The molecule has 4 aromatic rings. The van der Waals surface area contributed by atoms with Crippen molar-refractivity contribution in [1.82, 2.24) is 9.55 Å². The quantitative estimate of drug-likeness (QED) is 0.402. The Bertz CT molecular complexity index is 1080. The monoisotopic (exact) mass is 356 g/mol. The van der Waals surface area contributed by atoms with Crippen molar-refractivity contribution >= 4 is 11.6 Å². The summed E-state index contributed by atoms with van der Waals surface area (Å²) in [4.78, 5) is 4.25. The predicted molar refractivity (Wildman–Crippen MR) is 106 cm³/mol. The zero-order chi connectivity index (χ0) is 17.5. The predicted octanol–water partition coefficient (Wildman–Crippen LogP) is 5.75. The van der Waals surface area contributed by atoms with Crippen molar-refractivity contribution < 1.29 is 0 Å². The molecule has 3 heteroatoms. The van der Waals surface area contributed by atoms with Crippen molar-refractivity contribution in [2.75, 3.05) is 0 Å². The number of imidazole rings is 1. The van der Waals surface area contributed by atoms with Gasteiger partial charge in [0, 0.05) is 17.4 Å². The molecule has 2 nitrogen and oxygen atoms in total. The van der Waals surface area contributed by atoms with Crippen LogP contribution in [-0.4, -0.2) is 9.55 Å². The molecular weight excluding hydrogens is 340 g/mol. The van der Waals surface area contributed by atoms with Crippen LogP contribution in [0.2, 0.25) is 5.02 Å². The van der Waals surface area contributed by atoms with E-state index in [2.05, 4.69) is 58.1 Å². The second-order valence-corrected chi connectivity index (χ2v) is 7.15. The molecule has 0 N–H and O–H groups in total. The Labute approximate surface area is 157 Å². The molecule has 1 heterocycles. The van der Waals surface area contributed by atoms with Gasteiger partial charge in [-0.3, -0.25) is 0 Å². The van der Waals surface area contributed by atoms with Gasteiger partial charge in [0.15, 0.2) is 0 Å². The number of hydrogen-bond acceptors (Lipinski definition) is 1. The van der Waals surface area contributed by atoms with E-state index in [-0.39, 0.29) is 6.04 Å². The zero-order valence-corrected chi connectivity index (χ0v) is 14.9. The molecule has 1 aromatic heterocycles. The van der Waals surface area contributed by atoms with Gasteiger partial charge in [0.05, 0.1) is 12.4 Å². The van der Waals surface area contributed by atoms with E-state index in [9.17, 15) is 0 Å². The lowest BCUT2D eigenvalue weighted by atomic mass is 9.95. The van der Waals surface area contributed by atoms with Crippen molar-refractivity contribution in [1.29, 1.82) is 0 Å². The molecule has 0 radical (unpaired) electrons. The van der Waals surface area contributed by atoms with Crippen molar-refractivity contribution in [3.63, 3.8) is 0 Å². The summed E-state index contributed by atoms with van der Waals surface area (Å²) in [6.07, 6.45) is 6.69. The van der Waals surface area contributed by atoms with Crippen LogP contribution in [0, 0.1) is 0 Å². The minimum absolute atomic E-state index is 0.0604. The molecule has 0 spiro atoms. The number of benzene rings is 3. The van der Waals surface area contributed by atoms with Crippen LogP contribution >= 0.6 is 11.6 Å². The fourth-order valence-corrected chi connectivity index (χ4v) is 4.17. The highest BCUT2D eigenvalue weighted by Gasteiger charge is 2.22. The highest BCUT2D eigenvalue weighted by atomic mass is 35.5. The topological polar surface area (TPSA) is 17.8 Å². The molecule has 5 rings (SSSR count). The first-order valence-corrected chi connectivity index (χ1v) is 9.11. The Morgan fingerprint density at radius 2 is 1.69 bits per heavy atom. The smallest absolute Gasteiger partial charge is 0.0954 e. The Morgan fingerprint density at radius 3 is 2.54 bits per heavy atom. The molecule has 0 fully saturated rings. The lowest BCUT2D eigenvalue weighted by Gasteiger charge is -2.21. The molecule has 26 heavy (non-hydrogen) atoms. The molecule has 3 aromatic carbocycles. The molecule has 1 atom stereocenters. The maximum Gasteiger partial charge on any atom is 0.0954 e. The van der Waals surface area contributed by atoms with Gasteiger partial charge in [0.1, 0.15) is 0 Å². The van der Waals surface area contributed by atoms with Gasteiger partial charge in [0.25, 0.3) is 0 Å². The van der Waals surface area contributed by atoms with Crippen LogP contribution < -0.4 is 0 Å². The number of nitrogens with zero attached hydrogens (tertiary/aromatic N) is 2. The molecular formula is C23H17ClN2. The van der Waals surface area contributed by atoms with Crippen molar-refractivity contribution in [2.45, 2.75) is 12.5 Å². The van der Waals surface area contributed by atoms with Crippen LogP contribution in [0.5, 0.6) is 0 Å². The summed E-state index contributed by atoms with van der Waals surface area (Å²) in [5.41, 5.74) is 7.90. The summed E-state index contributed by atoms with van der Waals surface area (Å²) < 4.78 is 2.13. The summed E-state index contributed by atoms with van der Waals surface area (Å²) in [5.74, 6) is 0. The standard InChI is InChI=1S/C23H17ClN2/c24-20-6-3-5-17(14-20)23(26-11-10-25-15-26)18-8-9-22-19(13-18)12-16-4-1-2-7-21(16)22/h1-11,13-15,23H,12H2. The van der Waals surface area contributed by atoms with Gasteiger partial charge >= 0.3 is 0 Å². The third-order valence-corrected chi connectivity index (χ3v) is 5.36. The summed E-state index contributed by atoms with van der Waals surface area (Å²) in [7, 11) is 0. The van der Waals surface area contributed by atoms with Gasteiger partial charge in [-0.1, -0.05) is 66.2 Å². The van der Waals surface area contributed by atoms with Crippen molar-refractivity contribution in [3.05, 3.63) is 113 Å².